The fourth-order valence-corrected chi connectivity index (χ4v) is 4.57. The van der Waals surface area contributed by atoms with Gasteiger partial charge in [-0.3, -0.25) is 4.79 Å². The molecule has 1 aliphatic carbocycles. The molecule has 0 aromatic rings. The first kappa shape index (κ1) is 10.7. The Hall–Kier alpha value is 1.59. The summed E-state index contributed by atoms with van der Waals surface area (Å²) in [6, 6.07) is 0. The second kappa shape index (κ2) is 3.39. The van der Waals surface area contributed by atoms with Gasteiger partial charge >= 0.3 is 0 Å². The molecular weight excluding hydrogens is 408 g/mol. The number of halogens is 4. The van der Waals surface area contributed by atoms with Crippen LogP contribution in [0.2, 0.25) is 0 Å². The van der Waals surface area contributed by atoms with E-state index in [0.29, 0.717) is 0 Å². The van der Waals surface area contributed by atoms with Gasteiger partial charge < -0.3 is 0 Å². The molecule has 0 bridgehead atoms. The number of hydrogen-bond donors (Lipinski definition) is 0. The van der Waals surface area contributed by atoms with E-state index in [1.165, 1.54) is 0 Å². The second-order valence-corrected chi connectivity index (χ2v) is 10.1. The fraction of sp³-hybridized carbons (Fsp3) is 0.833. The Bertz CT molecular complexity index is 169. The van der Waals surface area contributed by atoms with Crippen LogP contribution in [0.25, 0.3) is 0 Å². The standard InChI is InChI=1S/C6H6Br4O/c7-5(8)2-1-3-6(9,10)4(5)11/h1-3H2. The average Bonchev–Trinajstić information content (AvgIpc) is 1.82. The van der Waals surface area contributed by atoms with Gasteiger partial charge in [0.05, 0.1) is 0 Å². The Morgan fingerprint density at radius 1 is 1.00 bits per heavy atom. The Morgan fingerprint density at radius 3 is 1.64 bits per heavy atom. The molecule has 0 aromatic carbocycles. The van der Waals surface area contributed by atoms with E-state index in [1.54, 1.807) is 0 Å². The van der Waals surface area contributed by atoms with Gasteiger partial charge in [-0.1, -0.05) is 63.7 Å². The van der Waals surface area contributed by atoms with Gasteiger partial charge in [-0.05, 0) is 19.3 Å². The molecule has 1 nitrogen and oxygen atoms in total. The van der Waals surface area contributed by atoms with E-state index >= 15 is 0 Å². The van der Waals surface area contributed by atoms with Crippen molar-refractivity contribution in [1.82, 2.24) is 0 Å². The summed E-state index contributed by atoms with van der Waals surface area (Å²) >= 11 is 13.4. The Morgan fingerprint density at radius 2 is 1.36 bits per heavy atom. The molecule has 0 unspecified atom stereocenters. The van der Waals surface area contributed by atoms with Crippen LogP contribution in [0.3, 0.4) is 0 Å². The maximum absolute atomic E-state index is 11.6. The molecule has 1 aliphatic rings. The minimum absolute atomic E-state index is 0.108. The van der Waals surface area contributed by atoms with Crippen molar-refractivity contribution in [3.8, 4) is 0 Å². The molecular formula is C6H6Br4O. The van der Waals surface area contributed by atoms with E-state index in [9.17, 15) is 4.79 Å². The highest BCUT2D eigenvalue weighted by Crippen LogP contribution is 2.48. The molecule has 0 spiro atoms. The maximum atomic E-state index is 11.6. The van der Waals surface area contributed by atoms with Crippen molar-refractivity contribution in [3.63, 3.8) is 0 Å². The third kappa shape index (κ3) is 2.29. The van der Waals surface area contributed by atoms with E-state index in [1.807, 2.05) is 0 Å². The van der Waals surface area contributed by atoms with Crippen LogP contribution >= 0.6 is 63.7 Å². The molecule has 0 heterocycles. The Labute approximate surface area is 99.2 Å². The summed E-state index contributed by atoms with van der Waals surface area (Å²) in [5.41, 5.74) is 0. The van der Waals surface area contributed by atoms with Gasteiger partial charge in [0.15, 0.2) is 5.78 Å². The van der Waals surface area contributed by atoms with Crippen LogP contribution < -0.4 is 0 Å². The minimum atomic E-state index is -0.536. The zero-order chi connectivity index (χ0) is 8.70. The number of ketones is 1. The molecule has 0 amide bonds. The predicted octanol–water partition coefficient (Wildman–Crippen LogP) is 3.71. The van der Waals surface area contributed by atoms with Crippen molar-refractivity contribution >= 4 is 69.5 Å². The lowest BCUT2D eigenvalue weighted by atomic mass is 9.99. The van der Waals surface area contributed by atoms with E-state index < -0.39 is 6.47 Å². The van der Waals surface area contributed by atoms with Gasteiger partial charge in [-0.2, -0.15) is 0 Å². The summed E-state index contributed by atoms with van der Waals surface area (Å²) < 4.78 is -1.07. The number of hydrogen-bond acceptors (Lipinski definition) is 1. The van der Waals surface area contributed by atoms with Crippen molar-refractivity contribution in [2.45, 2.75) is 25.7 Å². The first-order valence-electron chi connectivity index (χ1n) is 3.17. The van der Waals surface area contributed by atoms with Gasteiger partial charge in [0.25, 0.3) is 0 Å². The summed E-state index contributed by atoms with van der Waals surface area (Å²) in [6.45, 7) is 0. The number of carbonyl (C=O) groups excluding carboxylic acids is 1. The lowest BCUT2D eigenvalue weighted by Gasteiger charge is -2.32. The highest BCUT2D eigenvalue weighted by Gasteiger charge is 2.48. The van der Waals surface area contributed by atoms with E-state index in [-0.39, 0.29) is 5.78 Å². The summed E-state index contributed by atoms with van der Waals surface area (Å²) in [5, 5.41) is 0. The van der Waals surface area contributed by atoms with Crippen molar-refractivity contribution in [3.05, 3.63) is 0 Å². The zero-order valence-corrected chi connectivity index (χ0v) is 11.9. The predicted molar refractivity (Wildman–Crippen MR) is 60.0 cm³/mol. The molecule has 1 saturated carbocycles. The molecule has 1 fully saturated rings. The highest BCUT2D eigenvalue weighted by atomic mass is 79.9. The maximum Gasteiger partial charge on any atom is 0.187 e. The quantitative estimate of drug-likeness (QED) is 0.553. The van der Waals surface area contributed by atoms with Crippen LogP contribution in [0.5, 0.6) is 0 Å². The lowest BCUT2D eigenvalue weighted by Crippen LogP contribution is -2.42. The van der Waals surface area contributed by atoms with Gasteiger partial charge in [0.1, 0.15) is 6.47 Å². The molecule has 0 radical (unpaired) electrons. The minimum Gasteiger partial charge on any atom is -0.295 e. The first-order chi connectivity index (χ1) is 4.86. The number of rotatable bonds is 0. The smallest absolute Gasteiger partial charge is 0.187 e. The largest absolute Gasteiger partial charge is 0.295 e. The average molecular weight is 414 g/mol. The fourth-order valence-electron chi connectivity index (χ4n) is 1.03. The SMILES string of the molecule is O=C1C(Br)(Br)CCCC1(Br)Br. The summed E-state index contributed by atoms with van der Waals surface area (Å²) in [4.78, 5) is 11.6. The number of Topliss-reactive ketones (excluding diaryl/α,β-unsaturated/α-hetero) is 1. The molecule has 0 aromatic heterocycles. The monoisotopic (exact) mass is 410 g/mol. The summed E-state index contributed by atoms with van der Waals surface area (Å²) in [5.74, 6) is 0.108. The summed E-state index contributed by atoms with van der Waals surface area (Å²) in [7, 11) is 0. The van der Waals surface area contributed by atoms with Crippen LogP contribution in [-0.2, 0) is 4.79 Å². The second-order valence-electron chi connectivity index (χ2n) is 2.59. The van der Waals surface area contributed by atoms with Gasteiger partial charge in [0.2, 0.25) is 0 Å². The molecule has 64 valence electrons. The van der Waals surface area contributed by atoms with Crippen molar-refractivity contribution in [1.29, 1.82) is 0 Å². The molecule has 1 rings (SSSR count). The van der Waals surface area contributed by atoms with Crippen LogP contribution in [0, 0.1) is 0 Å². The van der Waals surface area contributed by atoms with Gasteiger partial charge in [-0.15, -0.1) is 0 Å². The highest BCUT2D eigenvalue weighted by molar-refractivity contribution is 9.27. The van der Waals surface area contributed by atoms with Gasteiger partial charge in [-0.25, -0.2) is 0 Å². The molecule has 0 saturated heterocycles. The van der Waals surface area contributed by atoms with Crippen LogP contribution in [0.15, 0.2) is 0 Å². The Kier molecular flexibility index (Phi) is 3.29. The van der Waals surface area contributed by atoms with Crippen LogP contribution in [0.1, 0.15) is 19.3 Å². The lowest BCUT2D eigenvalue weighted by molar-refractivity contribution is -0.120. The van der Waals surface area contributed by atoms with E-state index in [2.05, 4.69) is 63.7 Å². The van der Waals surface area contributed by atoms with Crippen LogP contribution in [-0.4, -0.2) is 12.3 Å². The van der Waals surface area contributed by atoms with Gasteiger partial charge in [0, 0.05) is 0 Å². The van der Waals surface area contributed by atoms with Crippen molar-refractivity contribution in [2.24, 2.45) is 0 Å². The number of alkyl halides is 4. The molecule has 5 heteroatoms. The summed E-state index contributed by atoms with van der Waals surface area (Å²) in [6.07, 6.45) is 2.69. The first-order valence-corrected chi connectivity index (χ1v) is 6.34. The van der Waals surface area contributed by atoms with E-state index in [4.69, 9.17) is 0 Å². The molecule has 0 aliphatic heterocycles. The Balaban J connectivity index is 2.85. The third-order valence-corrected chi connectivity index (χ3v) is 4.67. The molecule has 11 heavy (non-hydrogen) atoms. The molecule has 0 N–H and O–H groups in total. The normalized spacial score (nSPS) is 28.5. The third-order valence-electron chi connectivity index (χ3n) is 1.65. The molecule has 0 atom stereocenters. The van der Waals surface area contributed by atoms with E-state index in [0.717, 1.165) is 19.3 Å². The topological polar surface area (TPSA) is 17.1 Å². The van der Waals surface area contributed by atoms with Crippen molar-refractivity contribution in [2.75, 3.05) is 0 Å². The zero-order valence-electron chi connectivity index (χ0n) is 5.54. The van der Waals surface area contributed by atoms with Crippen molar-refractivity contribution < 1.29 is 4.79 Å². The van der Waals surface area contributed by atoms with Crippen LogP contribution in [0.4, 0.5) is 0 Å². The number of carbonyl (C=O) groups is 1.